The lowest BCUT2D eigenvalue weighted by Crippen LogP contribution is -2.14. The van der Waals surface area contributed by atoms with E-state index in [2.05, 4.69) is 28.1 Å². The molecule has 0 bridgehead atoms. The molecule has 1 aliphatic rings. The molecule has 0 saturated heterocycles. The summed E-state index contributed by atoms with van der Waals surface area (Å²) < 4.78 is 1.10. The highest BCUT2D eigenvalue weighted by molar-refractivity contribution is 9.10. The van der Waals surface area contributed by atoms with E-state index in [0.717, 1.165) is 23.2 Å². The number of benzene rings is 1. The smallest absolute Gasteiger partial charge is 0.0583 e. The molecule has 0 heterocycles. The fourth-order valence-corrected chi connectivity index (χ4v) is 3.10. The van der Waals surface area contributed by atoms with Crippen molar-refractivity contribution < 1.29 is 5.11 Å². The lowest BCUT2D eigenvalue weighted by molar-refractivity contribution is 0.143. The van der Waals surface area contributed by atoms with Crippen LogP contribution in [0, 0.1) is 5.92 Å². The second-order valence-electron chi connectivity index (χ2n) is 4.87. The van der Waals surface area contributed by atoms with Gasteiger partial charge in [-0.25, -0.2) is 0 Å². The molecule has 0 aliphatic heterocycles. The summed E-state index contributed by atoms with van der Waals surface area (Å²) in [6.45, 7) is 0. The lowest BCUT2D eigenvalue weighted by Gasteiger charge is -2.15. The fraction of sp³-hybridized carbons (Fsp3) is 0.571. The van der Waals surface area contributed by atoms with Crippen molar-refractivity contribution in [2.24, 2.45) is 5.92 Å². The van der Waals surface area contributed by atoms with Crippen LogP contribution in [-0.2, 0) is 6.42 Å². The van der Waals surface area contributed by atoms with Crippen LogP contribution < -0.4 is 0 Å². The average Bonchev–Trinajstić information content (AvgIpc) is 2.70. The molecule has 1 fully saturated rings. The fourth-order valence-electron chi connectivity index (χ4n) is 2.65. The van der Waals surface area contributed by atoms with Gasteiger partial charge in [0.2, 0.25) is 0 Å². The van der Waals surface area contributed by atoms with Gasteiger partial charge in [-0.1, -0.05) is 53.7 Å². The van der Waals surface area contributed by atoms with Crippen LogP contribution in [-0.4, -0.2) is 11.2 Å². The number of aliphatic hydroxyl groups excluding tert-OH is 1. The highest BCUT2D eigenvalue weighted by atomic mass is 79.9. The van der Waals surface area contributed by atoms with Crippen molar-refractivity contribution in [3.05, 3.63) is 34.3 Å². The Hall–Kier alpha value is -0.340. The van der Waals surface area contributed by atoms with Crippen molar-refractivity contribution in [3.63, 3.8) is 0 Å². The molecule has 0 aromatic heterocycles. The molecule has 2 rings (SSSR count). The number of hydrogen-bond donors (Lipinski definition) is 1. The molecule has 1 unspecified atom stereocenters. The number of hydrogen-bond acceptors (Lipinski definition) is 1. The van der Waals surface area contributed by atoms with Gasteiger partial charge in [-0.2, -0.15) is 0 Å². The molecule has 2 heteroatoms. The van der Waals surface area contributed by atoms with E-state index in [4.69, 9.17) is 0 Å². The topological polar surface area (TPSA) is 20.2 Å². The van der Waals surface area contributed by atoms with Gasteiger partial charge >= 0.3 is 0 Å². The van der Waals surface area contributed by atoms with Crippen LogP contribution >= 0.6 is 15.9 Å². The van der Waals surface area contributed by atoms with Crippen molar-refractivity contribution in [2.45, 2.75) is 44.6 Å². The molecular formula is C14H19BrO. The van der Waals surface area contributed by atoms with Gasteiger partial charge in [-0.15, -0.1) is 0 Å². The molecule has 1 N–H and O–H groups in total. The molecule has 0 spiro atoms. The summed E-state index contributed by atoms with van der Waals surface area (Å²) in [5, 5.41) is 10.0. The SMILES string of the molecule is OC(Cc1cccc(Br)c1)CC1CCCC1. The third-order valence-corrected chi connectivity index (χ3v) is 3.93. The van der Waals surface area contributed by atoms with Gasteiger partial charge in [0.1, 0.15) is 0 Å². The predicted octanol–water partition coefficient (Wildman–Crippen LogP) is 3.93. The van der Waals surface area contributed by atoms with Crippen LogP contribution in [0.3, 0.4) is 0 Å². The summed E-state index contributed by atoms with van der Waals surface area (Å²) in [4.78, 5) is 0. The third kappa shape index (κ3) is 3.60. The third-order valence-electron chi connectivity index (χ3n) is 3.44. The second-order valence-corrected chi connectivity index (χ2v) is 5.79. The first-order valence-corrected chi connectivity index (χ1v) is 6.96. The highest BCUT2D eigenvalue weighted by Gasteiger charge is 2.18. The van der Waals surface area contributed by atoms with Gasteiger partial charge in [-0.05, 0) is 36.5 Å². The van der Waals surface area contributed by atoms with E-state index in [1.54, 1.807) is 0 Å². The Balaban J connectivity index is 1.84. The Morgan fingerprint density at radius 3 is 2.75 bits per heavy atom. The number of aliphatic hydroxyl groups is 1. The molecular weight excluding hydrogens is 264 g/mol. The molecule has 0 amide bonds. The standard InChI is InChI=1S/C14H19BrO/c15-13-7-3-6-12(8-13)10-14(16)9-11-4-1-2-5-11/h3,6-8,11,14,16H,1-2,4-5,9-10H2. The first-order chi connectivity index (χ1) is 7.74. The summed E-state index contributed by atoms with van der Waals surface area (Å²) in [5.41, 5.74) is 1.22. The minimum atomic E-state index is -0.169. The largest absolute Gasteiger partial charge is 0.393 e. The van der Waals surface area contributed by atoms with Crippen LogP contribution in [0.4, 0.5) is 0 Å². The van der Waals surface area contributed by atoms with E-state index in [-0.39, 0.29) is 6.10 Å². The minimum absolute atomic E-state index is 0.169. The van der Waals surface area contributed by atoms with Crippen molar-refractivity contribution in [3.8, 4) is 0 Å². The highest BCUT2D eigenvalue weighted by Crippen LogP contribution is 2.29. The predicted molar refractivity (Wildman–Crippen MR) is 70.4 cm³/mol. The Morgan fingerprint density at radius 2 is 2.06 bits per heavy atom. The zero-order valence-corrected chi connectivity index (χ0v) is 11.1. The molecule has 1 aliphatic carbocycles. The summed E-state index contributed by atoms with van der Waals surface area (Å²) in [7, 11) is 0. The van der Waals surface area contributed by atoms with Crippen LogP contribution in [0.1, 0.15) is 37.7 Å². The molecule has 1 nitrogen and oxygen atoms in total. The van der Waals surface area contributed by atoms with Crippen molar-refractivity contribution in [2.75, 3.05) is 0 Å². The Kier molecular flexibility index (Phi) is 4.42. The van der Waals surface area contributed by atoms with Crippen LogP contribution in [0.5, 0.6) is 0 Å². The van der Waals surface area contributed by atoms with Crippen LogP contribution in [0.15, 0.2) is 28.7 Å². The van der Waals surface area contributed by atoms with Gasteiger partial charge in [0, 0.05) is 4.47 Å². The first-order valence-electron chi connectivity index (χ1n) is 6.16. The molecule has 1 atom stereocenters. The maximum absolute atomic E-state index is 10.0. The molecule has 1 aromatic rings. The maximum atomic E-state index is 10.0. The molecule has 0 radical (unpaired) electrons. The van der Waals surface area contributed by atoms with Gasteiger partial charge in [0.05, 0.1) is 6.10 Å². The monoisotopic (exact) mass is 282 g/mol. The van der Waals surface area contributed by atoms with Gasteiger partial charge < -0.3 is 5.11 Å². The lowest BCUT2D eigenvalue weighted by atomic mass is 9.96. The molecule has 1 saturated carbocycles. The summed E-state index contributed by atoms with van der Waals surface area (Å²) in [6, 6.07) is 8.23. The summed E-state index contributed by atoms with van der Waals surface area (Å²) >= 11 is 3.46. The Labute approximate surface area is 106 Å². The summed E-state index contributed by atoms with van der Waals surface area (Å²) in [5.74, 6) is 0.766. The molecule has 1 aromatic carbocycles. The Morgan fingerprint density at radius 1 is 1.31 bits per heavy atom. The van der Waals surface area contributed by atoms with Crippen molar-refractivity contribution >= 4 is 15.9 Å². The quantitative estimate of drug-likeness (QED) is 0.887. The van der Waals surface area contributed by atoms with Crippen LogP contribution in [0.2, 0.25) is 0 Å². The number of halogens is 1. The van der Waals surface area contributed by atoms with Crippen LogP contribution in [0.25, 0.3) is 0 Å². The van der Waals surface area contributed by atoms with Crippen molar-refractivity contribution in [1.82, 2.24) is 0 Å². The van der Waals surface area contributed by atoms with E-state index in [0.29, 0.717) is 0 Å². The van der Waals surface area contributed by atoms with Gasteiger partial charge in [-0.3, -0.25) is 0 Å². The zero-order valence-electron chi connectivity index (χ0n) is 9.53. The maximum Gasteiger partial charge on any atom is 0.0583 e. The van der Waals surface area contributed by atoms with Crippen molar-refractivity contribution in [1.29, 1.82) is 0 Å². The average molecular weight is 283 g/mol. The molecule has 88 valence electrons. The summed E-state index contributed by atoms with van der Waals surface area (Å²) in [6.07, 6.45) is 6.94. The Bertz CT molecular complexity index is 331. The normalized spacial score (nSPS) is 18.9. The van der Waals surface area contributed by atoms with E-state index in [9.17, 15) is 5.11 Å². The van der Waals surface area contributed by atoms with E-state index in [1.165, 1.54) is 31.2 Å². The first kappa shape index (κ1) is 12.1. The minimum Gasteiger partial charge on any atom is -0.393 e. The van der Waals surface area contributed by atoms with E-state index >= 15 is 0 Å². The second kappa shape index (κ2) is 5.83. The van der Waals surface area contributed by atoms with Gasteiger partial charge in [0.15, 0.2) is 0 Å². The van der Waals surface area contributed by atoms with Gasteiger partial charge in [0.25, 0.3) is 0 Å². The zero-order chi connectivity index (χ0) is 11.4. The van der Waals surface area contributed by atoms with E-state index < -0.39 is 0 Å². The molecule has 16 heavy (non-hydrogen) atoms. The number of rotatable bonds is 4. The van der Waals surface area contributed by atoms with E-state index in [1.807, 2.05) is 12.1 Å².